The molecule has 9 heteroatoms. The van der Waals surface area contributed by atoms with Crippen molar-refractivity contribution in [3.63, 3.8) is 0 Å². The van der Waals surface area contributed by atoms with Gasteiger partial charge in [0.2, 0.25) is 0 Å². The third-order valence-corrected chi connectivity index (χ3v) is 6.58. The Morgan fingerprint density at radius 2 is 1.70 bits per heavy atom. The summed E-state index contributed by atoms with van der Waals surface area (Å²) in [6, 6.07) is 17.6. The number of benzene rings is 3. The molecular formula is C24H23ClN2O5S. The van der Waals surface area contributed by atoms with E-state index < -0.39 is 15.9 Å². The van der Waals surface area contributed by atoms with Gasteiger partial charge in [0, 0.05) is 17.7 Å². The van der Waals surface area contributed by atoms with E-state index in [0.29, 0.717) is 29.0 Å². The van der Waals surface area contributed by atoms with Crippen LogP contribution in [-0.2, 0) is 14.8 Å². The van der Waals surface area contributed by atoms with Crippen molar-refractivity contribution < 1.29 is 22.7 Å². The zero-order chi connectivity index (χ0) is 24.0. The zero-order valence-corrected chi connectivity index (χ0v) is 19.7. The van der Waals surface area contributed by atoms with Gasteiger partial charge in [-0.15, -0.1) is 0 Å². The quantitative estimate of drug-likeness (QED) is 0.412. The summed E-state index contributed by atoms with van der Waals surface area (Å²) in [6.45, 7) is 3.16. The van der Waals surface area contributed by atoms with Crippen LogP contribution in [0.2, 0.25) is 5.02 Å². The van der Waals surface area contributed by atoms with E-state index >= 15 is 0 Å². The van der Waals surface area contributed by atoms with E-state index in [2.05, 4.69) is 10.0 Å². The van der Waals surface area contributed by atoms with E-state index in [9.17, 15) is 18.0 Å². The first-order valence-electron chi connectivity index (χ1n) is 10.1. The lowest BCUT2D eigenvalue weighted by Crippen LogP contribution is -2.21. The molecule has 0 spiro atoms. The summed E-state index contributed by atoms with van der Waals surface area (Å²) in [5, 5.41) is 2.90. The smallest absolute Gasteiger partial charge is 0.262 e. The van der Waals surface area contributed by atoms with Gasteiger partial charge in [-0.3, -0.25) is 14.3 Å². The SMILES string of the molecule is CCC(=O)c1ccc(OCC(=O)Nc2ccc(C)c(S(=O)(=O)Nc3ccccc3Cl)c2)cc1. The van der Waals surface area contributed by atoms with Gasteiger partial charge in [-0.2, -0.15) is 0 Å². The molecule has 0 aliphatic carbocycles. The summed E-state index contributed by atoms with van der Waals surface area (Å²) in [5.74, 6) is -0.00247. The normalized spacial score (nSPS) is 11.0. The number of sulfonamides is 1. The Hall–Kier alpha value is -3.36. The molecular weight excluding hydrogens is 464 g/mol. The molecule has 2 N–H and O–H groups in total. The van der Waals surface area contributed by atoms with Crippen molar-refractivity contribution in [2.24, 2.45) is 0 Å². The highest BCUT2D eigenvalue weighted by atomic mass is 35.5. The molecule has 0 aromatic heterocycles. The molecule has 1 amide bonds. The van der Waals surface area contributed by atoms with Crippen LogP contribution >= 0.6 is 11.6 Å². The third kappa shape index (κ3) is 6.34. The lowest BCUT2D eigenvalue weighted by molar-refractivity contribution is -0.118. The van der Waals surface area contributed by atoms with Gasteiger partial charge in [-0.1, -0.05) is 36.7 Å². The average molecular weight is 487 g/mol. The van der Waals surface area contributed by atoms with Crippen molar-refractivity contribution in [3.05, 3.63) is 82.9 Å². The van der Waals surface area contributed by atoms with Crippen LogP contribution in [0.4, 0.5) is 11.4 Å². The number of hydrogen-bond donors (Lipinski definition) is 2. The summed E-state index contributed by atoms with van der Waals surface area (Å²) >= 11 is 6.06. The fourth-order valence-corrected chi connectivity index (χ4v) is 4.59. The van der Waals surface area contributed by atoms with Crippen LogP contribution < -0.4 is 14.8 Å². The Balaban J connectivity index is 1.67. The highest BCUT2D eigenvalue weighted by Gasteiger charge is 2.19. The van der Waals surface area contributed by atoms with Gasteiger partial charge in [-0.05, 0) is 61.0 Å². The van der Waals surface area contributed by atoms with Crippen LogP contribution in [-0.4, -0.2) is 26.7 Å². The van der Waals surface area contributed by atoms with Gasteiger partial charge >= 0.3 is 0 Å². The number of amides is 1. The minimum absolute atomic E-state index is 0.0114. The van der Waals surface area contributed by atoms with Crippen LogP contribution in [0.5, 0.6) is 5.75 Å². The molecule has 0 fully saturated rings. The molecule has 0 bridgehead atoms. The molecule has 3 aromatic rings. The van der Waals surface area contributed by atoms with Crippen LogP contribution in [0, 0.1) is 6.92 Å². The molecule has 7 nitrogen and oxygen atoms in total. The van der Waals surface area contributed by atoms with Crippen molar-refractivity contribution in [1.82, 2.24) is 0 Å². The molecule has 0 saturated heterocycles. The number of halogens is 1. The topological polar surface area (TPSA) is 102 Å². The van der Waals surface area contributed by atoms with Gasteiger partial charge in [-0.25, -0.2) is 8.42 Å². The second-order valence-corrected chi connectivity index (χ2v) is 9.26. The maximum absolute atomic E-state index is 12.9. The highest BCUT2D eigenvalue weighted by Crippen LogP contribution is 2.27. The Kier molecular flexibility index (Phi) is 7.73. The molecule has 172 valence electrons. The van der Waals surface area contributed by atoms with E-state index in [-0.39, 0.29) is 28.0 Å². The number of Topliss-reactive ketones (excluding diaryl/α,β-unsaturated/α-hetero) is 1. The van der Waals surface area contributed by atoms with Crippen molar-refractivity contribution in [3.8, 4) is 5.75 Å². The number of para-hydroxylation sites is 1. The van der Waals surface area contributed by atoms with Gasteiger partial charge in [0.25, 0.3) is 15.9 Å². The standard InChI is InChI=1S/C24H23ClN2O5S/c1-3-22(28)17-9-12-19(13-10-17)32-15-24(29)26-18-11-8-16(2)23(14-18)33(30,31)27-21-7-5-4-6-20(21)25/h4-14,27H,3,15H2,1-2H3,(H,26,29). The number of carbonyl (C=O) groups is 2. The van der Waals surface area contributed by atoms with Gasteiger partial charge in [0.15, 0.2) is 12.4 Å². The molecule has 0 aliphatic heterocycles. The Morgan fingerprint density at radius 1 is 1.00 bits per heavy atom. The first-order chi connectivity index (χ1) is 15.7. The molecule has 0 radical (unpaired) electrons. The Labute approximate surface area is 197 Å². The molecule has 33 heavy (non-hydrogen) atoms. The highest BCUT2D eigenvalue weighted by molar-refractivity contribution is 7.92. The second kappa shape index (κ2) is 10.5. The number of anilines is 2. The lowest BCUT2D eigenvalue weighted by Gasteiger charge is -2.13. The van der Waals surface area contributed by atoms with Crippen LogP contribution in [0.25, 0.3) is 0 Å². The molecule has 3 aromatic carbocycles. The minimum atomic E-state index is -3.94. The summed E-state index contributed by atoms with van der Waals surface area (Å²) in [6.07, 6.45) is 0.408. The lowest BCUT2D eigenvalue weighted by atomic mass is 10.1. The average Bonchev–Trinajstić information content (AvgIpc) is 2.80. The largest absolute Gasteiger partial charge is 0.484 e. The van der Waals surface area contributed by atoms with E-state index in [1.54, 1.807) is 74.5 Å². The van der Waals surface area contributed by atoms with Crippen molar-refractivity contribution in [1.29, 1.82) is 0 Å². The maximum atomic E-state index is 12.9. The second-order valence-electron chi connectivity index (χ2n) is 7.20. The number of carbonyl (C=O) groups excluding carboxylic acids is 2. The predicted octanol–water partition coefficient (Wildman–Crippen LogP) is 5.06. The van der Waals surface area contributed by atoms with Crippen LogP contribution in [0.1, 0.15) is 29.3 Å². The fourth-order valence-electron chi connectivity index (χ4n) is 3.00. The van der Waals surface area contributed by atoms with Gasteiger partial charge in [0.1, 0.15) is 5.75 Å². The molecule has 0 saturated carbocycles. The summed E-state index contributed by atoms with van der Waals surface area (Å²) < 4.78 is 33.7. The summed E-state index contributed by atoms with van der Waals surface area (Å²) in [7, 11) is -3.94. The first-order valence-corrected chi connectivity index (χ1v) is 12.0. The molecule has 0 heterocycles. The van der Waals surface area contributed by atoms with E-state index in [4.69, 9.17) is 16.3 Å². The first kappa shape index (κ1) is 24.3. The Bertz CT molecular complexity index is 1270. The van der Waals surface area contributed by atoms with E-state index in [1.165, 1.54) is 6.07 Å². The van der Waals surface area contributed by atoms with Gasteiger partial charge < -0.3 is 10.1 Å². The number of nitrogens with one attached hydrogen (secondary N) is 2. The Morgan fingerprint density at radius 3 is 2.36 bits per heavy atom. The molecule has 0 unspecified atom stereocenters. The number of hydrogen-bond acceptors (Lipinski definition) is 5. The third-order valence-electron chi connectivity index (χ3n) is 4.75. The number of aryl methyl sites for hydroxylation is 1. The van der Waals surface area contributed by atoms with Crippen molar-refractivity contribution >= 4 is 44.7 Å². The van der Waals surface area contributed by atoms with Crippen LogP contribution in [0.15, 0.2) is 71.6 Å². The summed E-state index contributed by atoms with van der Waals surface area (Å²) in [4.78, 5) is 24.0. The van der Waals surface area contributed by atoms with Crippen molar-refractivity contribution in [2.45, 2.75) is 25.2 Å². The summed E-state index contributed by atoms with van der Waals surface area (Å²) in [5.41, 5.74) is 1.64. The maximum Gasteiger partial charge on any atom is 0.262 e. The van der Waals surface area contributed by atoms with Gasteiger partial charge in [0.05, 0.1) is 15.6 Å². The van der Waals surface area contributed by atoms with Crippen molar-refractivity contribution in [2.75, 3.05) is 16.6 Å². The molecule has 0 atom stereocenters. The monoisotopic (exact) mass is 486 g/mol. The number of rotatable bonds is 9. The van der Waals surface area contributed by atoms with E-state index in [1.807, 2.05) is 0 Å². The number of ether oxygens (including phenoxy) is 1. The molecule has 0 aliphatic rings. The molecule has 3 rings (SSSR count). The number of ketones is 1. The van der Waals surface area contributed by atoms with E-state index in [0.717, 1.165) is 0 Å². The fraction of sp³-hybridized carbons (Fsp3) is 0.167. The zero-order valence-electron chi connectivity index (χ0n) is 18.1. The minimum Gasteiger partial charge on any atom is -0.484 e. The van der Waals surface area contributed by atoms with Crippen LogP contribution in [0.3, 0.4) is 0 Å². The predicted molar refractivity (Wildman–Crippen MR) is 129 cm³/mol.